The van der Waals surface area contributed by atoms with E-state index in [1.54, 1.807) is 0 Å². The lowest BCUT2D eigenvalue weighted by molar-refractivity contribution is 1.00. The summed E-state index contributed by atoms with van der Waals surface area (Å²) in [5.74, 6) is 1.50. The number of nitriles is 1. The summed E-state index contributed by atoms with van der Waals surface area (Å²) in [4.78, 5) is 7.23. The van der Waals surface area contributed by atoms with Gasteiger partial charge in [-0.2, -0.15) is 5.26 Å². The van der Waals surface area contributed by atoms with Gasteiger partial charge in [-0.25, -0.2) is 4.98 Å². The molecule has 1 heterocycles. The normalized spacial score (nSPS) is 16.3. The van der Waals surface area contributed by atoms with Crippen molar-refractivity contribution >= 4 is 0 Å². The van der Waals surface area contributed by atoms with Crippen LogP contribution < -0.4 is 0 Å². The predicted octanol–water partition coefficient (Wildman–Crippen LogP) is 1.35. The van der Waals surface area contributed by atoms with E-state index in [0.29, 0.717) is 12.3 Å². The Balaban J connectivity index is 2.13. The lowest BCUT2D eigenvalue weighted by Gasteiger charge is -1.86. The average Bonchev–Trinajstić information content (AvgIpc) is 2.75. The van der Waals surface area contributed by atoms with Crippen molar-refractivity contribution in [2.75, 3.05) is 0 Å². The molecule has 1 aliphatic rings. The zero-order valence-electron chi connectivity index (χ0n) is 6.17. The van der Waals surface area contributed by atoms with Crippen molar-refractivity contribution in [2.24, 2.45) is 0 Å². The minimum Gasteiger partial charge on any atom is -0.345 e. The number of aromatic nitrogens is 2. The standard InChI is InChI=1S/C8H9N3/c9-4-3-8-10-5-7(11-8)6-1-2-6/h5-6H,1-3H2,(H,10,11). The van der Waals surface area contributed by atoms with Gasteiger partial charge in [0.25, 0.3) is 0 Å². The fourth-order valence-corrected chi connectivity index (χ4v) is 1.15. The van der Waals surface area contributed by atoms with Crippen molar-refractivity contribution in [3.05, 3.63) is 17.7 Å². The molecule has 0 bridgehead atoms. The average molecular weight is 147 g/mol. The van der Waals surface area contributed by atoms with Gasteiger partial charge in [0.15, 0.2) is 0 Å². The number of hydrogen-bond acceptors (Lipinski definition) is 2. The maximum Gasteiger partial charge on any atom is 0.120 e. The van der Waals surface area contributed by atoms with E-state index in [9.17, 15) is 0 Å². The Hall–Kier alpha value is -1.30. The van der Waals surface area contributed by atoms with Crippen LogP contribution in [0, 0.1) is 11.3 Å². The van der Waals surface area contributed by atoms with Crippen LogP contribution in [0.3, 0.4) is 0 Å². The van der Waals surface area contributed by atoms with Crippen LogP contribution >= 0.6 is 0 Å². The summed E-state index contributed by atoms with van der Waals surface area (Å²) in [6, 6.07) is 2.06. The molecular weight excluding hydrogens is 138 g/mol. The van der Waals surface area contributed by atoms with Gasteiger partial charge in [-0.05, 0) is 12.8 Å². The number of aromatic amines is 1. The van der Waals surface area contributed by atoms with Crippen LogP contribution in [0.25, 0.3) is 0 Å². The third-order valence-corrected chi connectivity index (χ3v) is 1.91. The quantitative estimate of drug-likeness (QED) is 0.686. The van der Waals surface area contributed by atoms with Crippen LogP contribution in [-0.4, -0.2) is 9.97 Å². The first-order valence-corrected chi connectivity index (χ1v) is 3.81. The van der Waals surface area contributed by atoms with Gasteiger partial charge in [0.05, 0.1) is 12.5 Å². The summed E-state index contributed by atoms with van der Waals surface area (Å²) in [6.07, 6.45) is 4.79. The maximum atomic E-state index is 8.37. The Kier molecular flexibility index (Phi) is 1.39. The molecule has 56 valence electrons. The monoisotopic (exact) mass is 147 g/mol. The van der Waals surface area contributed by atoms with Crippen LogP contribution in [0.1, 0.15) is 30.3 Å². The second kappa shape index (κ2) is 2.39. The van der Waals surface area contributed by atoms with Gasteiger partial charge < -0.3 is 4.98 Å². The molecule has 2 rings (SSSR count). The number of imidazole rings is 1. The van der Waals surface area contributed by atoms with Crippen LogP contribution in [-0.2, 0) is 6.42 Å². The molecule has 0 spiro atoms. The second-order valence-corrected chi connectivity index (χ2v) is 2.89. The van der Waals surface area contributed by atoms with Crippen molar-refractivity contribution in [3.8, 4) is 6.07 Å². The molecule has 0 saturated heterocycles. The molecule has 0 atom stereocenters. The molecule has 0 amide bonds. The predicted molar refractivity (Wildman–Crippen MR) is 39.9 cm³/mol. The van der Waals surface area contributed by atoms with Crippen molar-refractivity contribution in [1.82, 2.24) is 9.97 Å². The SMILES string of the molecule is N#CCc1ncc(C2CC2)[nH]1. The molecule has 3 nitrogen and oxygen atoms in total. The summed E-state index contributed by atoms with van der Waals surface area (Å²) in [5, 5.41) is 8.37. The minimum absolute atomic E-state index is 0.396. The zero-order valence-corrected chi connectivity index (χ0v) is 6.17. The Morgan fingerprint density at radius 2 is 2.55 bits per heavy atom. The van der Waals surface area contributed by atoms with Gasteiger partial charge in [-0.3, -0.25) is 0 Å². The third kappa shape index (κ3) is 1.25. The Bertz CT molecular complexity index is 291. The second-order valence-electron chi connectivity index (χ2n) is 2.89. The molecule has 1 aromatic heterocycles. The van der Waals surface area contributed by atoms with Crippen LogP contribution in [0.15, 0.2) is 6.20 Å². The van der Waals surface area contributed by atoms with Gasteiger partial charge in [-0.1, -0.05) is 0 Å². The van der Waals surface area contributed by atoms with E-state index in [-0.39, 0.29) is 0 Å². The summed E-state index contributed by atoms with van der Waals surface area (Å²) in [5.41, 5.74) is 1.20. The zero-order chi connectivity index (χ0) is 7.68. The van der Waals surface area contributed by atoms with E-state index in [2.05, 4.69) is 16.0 Å². The van der Waals surface area contributed by atoms with Crippen molar-refractivity contribution in [2.45, 2.75) is 25.2 Å². The smallest absolute Gasteiger partial charge is 0.120 e. The molecular formula is C8H9N3. The Morgan fingerprint density at radius 3 is 3.18 bits per heavy atom. The van der Waals surface area contributed by atoms with Gasteiger partial charge in [0.2, 0.25) is 0 Å². The van der Waals surface area contributed by atoms with Crippen molar-refractivity contribution < 1.29 is 0 Å². The highest BCUT2D eigenvalue weighted by molar-refractivity contribution is 5.14. The molecule has 1 fully saturated rings. The van der Waals surface area contributed by atoms with Crippen LogP contribution in [0.5, 0.6) is 0 Å². The highest BCUT2D eigenvalue weighted by Gasteiger charge is 2.25. The van der Waals surface area contributed by atoms with E-state index < -0.39 is 0 Å². The molecule has 1 aliphatic carbocycles. The number of nitrogens with one attached hydrogen (secondary N) is 1. The largest absolute Gasteiger partial charge is 0.345 e. The fourth-order valence-electron chi connectivity index (χ4n) is 1.15. The molecule has 1 saturated carbocycles. The van der Waals surface area contributed by atoms with Crippen molar-refractivity contribution in [1.29, 1.82) is 5.26 Å². The van der Waals surface area contributed by atoms with Crippen molar-refractivity contribution in [3.63, 3.8) is 0 Å². The lowest BCUT2D eigenvalue weighted by atomic mass is 10.3. The van der Waals surface area contributed by atoms with Crippen LogP contribution in [0.2, 0.25) is 0 Å². The molecule has 0 aromatic carbocycles. The van der Waals surface area contributed by atoms with E-state index in [0.717, 1.165) is 5.82 Å². The molecule has 0 unspecified atom stereocenters. The first-order valence-electron chi connectivity index (χ1n) is 3.81. The number of hydrogen-bond donors (Lipinski definition) is 1. The fraction of sp³-hybridized carbons (Fsp3) is 0.500. The summed E-state index contributed by atoms with van der Waals surface area (Å²) in [7, 11) is 0. The van der Waals surface area contributed by atoms with Crippen LogP contribution in [0.4, 0.5) is 0 Å². The molecule has 1 N–H and O–H groups in total. The molecule has 0 aliphatic heterocycles. The van der Waals surface area contributed by atoms with E-state index in [1.165, 1.54) is 18.5 Å². The van der Waals surface area contributed by atoms with E-state index in [4.69, 9.17) is 5.26 Å². The van der Waals surface area contributed by atoms with Gasteiger partial charge in [0.1, 0.15) is 5.82 Å². The first kappa shape index (κ1) is 6.41. The molecule has 3 heteroatoms. The highest BCUT2D eigenvalue weighted by atomic mass is 14.9. The lowest BCUT2D eigenvalue weighted by Crippen LogP contribution is -1.84. The third-order valence-electron chi connectivity index (χ3n) is 1.91. The minimum atomic E-state index is 0.396. The number of rotatable bonds is 2. The number of H-pyrrole nitrogens is 1. The van der Waals surface area contributed by atoms with Gasteiger partial charge >= 0.3 is 0 Å². The van der Waals surface area contributed by atoms with E-state index >= 15 is 0 Å². The van der Waals surface area contributed by atoms with Gasteiger partial charge in [-0.15, -0.1) is 0 Å². The Morgan fingerprint density at radius 1 is 1.73 bits per heavy atom. The summed E-state index contributed by atoms with van der Waals surface area (Å²) >= 11 is 0. The molecule has 0 radical (unpaired) electrons. The topological polar surface area (TPSA) is 52.5 Å². The maximum absolute atomic E-state index is 8.37. The number of nitrogens with zero attached hydrogens (tertiary/aromatic N) is 2. The first-order chi connectivity index (χ1) is 5.40. The molecule has 1 aromatic rings. The summed E-state index contributed by atoms with van der Waals surface area (Å²) < 4.78 is 0. The highest BCUT2D eigenvalue weighted by Crippen LogP contribution is 2.38. The molecule has 11 heavy (non-hydrogen) atoms. The Labute approximate surface area is 65.1 Å². The van der Waals surface area contributed by atoms with E-state index in [1.807, 2.05) is 6.20 Å². The van der Waals surface area contributed by atoms with Gasteiger partial charge in [0, 0.05) is 17.8 Å². The summed E-state index contributed by atoms with van der Waals surface area (Å²) in [6.45, 7) is 0.